The summed E-state index contributed by atoms with van der Waals surface area (Å²) in [5, 5.41) is 4.36. The summed E-state index contributed by atoms with van der Waals surface area (Å²) in [4.78, 5) is 8.76. The van der Waals surface area contributed by atoms with Crippen LogP contribution in [0, 0.1) is 6.92 Å². The van der Waals surface area contributed by atoms with E-state index in [4.69, 9.17) is 28.9 Å². The molecule has 1 aromatic heterocycles. The zero-order valence-corrected chi connectivity index (χ0v) is 14.0. The van der Waals surface area contributed by atoms with Gasteiger partial charge in [-0.1, -0.05) is 44.0 Å². The smallest absolute Gasteiger partial charge is 0.138 e. The van der Waals surface area contributed by atoms with Crippen molar-refractivity contribution in [3.63, 3.8) is 0 Å². The molecule has 1 heterocycles. The van der Waals surface area contributed by atoms with Crippen LogP contribution >= 0.6 is 23.2 Å². The lowest BCUT2D eigenvalue weighted by atomic mass is 9.96. The summed E-state index contributed by atoms with van der Waals surface area (Å²) in [7, 11) is 0. The number of nitrogens with zero attached hydrogens (tertiary/aromatic N) is 2. The van der Waals surface area contributed by atoms with E-state index in [1.165, 1.54) is 0 Å². The van der Waals surface area contributed by atoms with Crippen molar-refractivity contribution in [2.45, 2.75) is 33.1 Å². The highest BCUT2D eigenvalue weighted by Gasteiger charge is 2.19. The molecule has 0 unspecified atom stereocenters. The van der Waals surface area contributed by atoms with Crippen molar-refractivity contribution in [3.8, 4) is 0 Å². The van der Waals surface area contributed by atoms with Gasteiger partial charge in [0.2, 0.25) is 0 Å². The number of anilines is 3. The largest absolute Gasteiger partial charge is 0.384 e. The van der Waals surface area contributed by atoms with Crippen molar-refractivity contribution >= 4 is 40.5 Å². The Labute approximate surface area is 134 Å². The van der Waals surface area contributed by atoms with Gasteiger partial charge in [-0.25, -0.2) is 9.97 Å². The van der Waals surface area contributed by atoms with Crippen molar-refractivity contribution in [2.24, 2.45) is 0 Å². The standard InChI is InChI=1S/C15H18Cl2N4/c1-8-5-10(17)11(6-9(8)16)19-13-7-12(18)20-14(21-13)15(2,3)4/h5-7H,1-4H3,(H3,18,19,20,21). The summed E-state index contributed by atoms with van der Waals surface area (Å²) in [5.41, 5.74) is 7.26. The van der Waals surface area contributed by atoms with E-state index >= 15 is 0 Å². The fourth-order valence-electron chi connectivity index (χ4n) is 1.75. The molecule has 0 bridgehead atoms. The summed E-state index contributed by atoms with van der Waals surface area (Å²) in [6.45, 7) is 7.99. The second kappa shape index (κ2) is 5.70. The van der Waals surface area contributed by atoms with Crippen LogP contribution in [0.1, 0.15) is 32.2 Å². The van der Waals surface area contributed by atoms with E-state index in [0.717, 1.165) is 5.56 Å². The van der Waals surface area contributed by atoms with Crippen LogP contribution in [0.4, 0.5) is 17.3 Å². The number of hydrogen-bond donors (Lipinski definition) is 2. The first-order valence-corrected chi connectivity index (χ1v) is 7.30. The molecule has 0 aliphatic carbocycles. The van der Waals surface area contributed by atoms with E-state index < -0.39 is 0 Å². The first-order chi connectivity index (χ1) is 9.66. The summed E-state index contributed by atoms with van der Waals surface area (Å²) in [5.74, 6) is 1.67. The summed E-state index contributed by atoms with van der Waals surface area (Å²) >= 11 is 12.4. The van der Waals surface area contributed by atoms with Gasteiger partial charge in [0.25, 0.3) is 0 Å². The van der Waals surface area contributed by atoms with Crippen LogP contribution in [-0.4, -0.2) is 9.97 Å². The summed E-state index contributed by atoms with van der Waals surface area (Å²) in [6, 6.07) is 5.25. The molecule has 2 aromatic rings. The molecule has 2 rings (SSSR count). The second-order valence-corrected chi connectivity index (χ2v) is 6.77. The maximum atomic E-state index is 6.23. The normalized spacial score (nSPS) is 11.5. The predicted octanol–water partition coefficient (Wildman–Crippen LogP) is 4.72. The van der Waals surface area contributed by atoms with E-state index in [0.29, 0.717) is 33.2 Å². The third kappa shape index (κ3) is 3.77. The zero-order valence-electron chi connectivity index (χ0n) is 12.5. The number of nitrogens with one attached hydrogen (secondary N) is 1. The molecule has 0 spiro atoms. The number of benzene rings is 1. The SMILES string of the molecule is Cc1cc(Cl)c(Nc2cc(N)nc(C(C)(C)C)n2)cc1Cl. The third-order valence-electron chi connectivity index (χ3n) is 2.93. The van der Waals surface area contributed by atoms with E-state index in [1.807, 2.05) is 27.7 Å². The maximum Gasteiger partial charge on any atom is 0.138 e. The van der Waals surface area contributed by atoms with Crippen LogP contribution in [0.3, 0.4) is 0 Å². The van der Waals surface area contributed by atoms with E-state index in [-0.39, 0.29) is 5.41 Å². The van der Waals surface area contributed by atoms with Crippen LogP contribution in [-0.2, 0) is 5.41 Å². The second-order valence-electron chi connectivity index (χ2n) is 5.96. The van der Waals surface area contributed by atoms with Gasteiger partial charge < -0.3 is 11.1 Å². The highest BCUT2D eigenvalue weighted by atomic mass is 35.5. The summed E-state index contributed by atoms with van der Waals surface area (Å²) < 4.78 is 0. The molecule has 0 radical (unpaired) electrons. The minimum absolute atomic E-state index is 0.194. The van der Waals surface area contributed by atoms with Crippen LogP contribution in [0.15, 0.2) is 18.2 Å². The Morgan fingerprint density at radius 2 is 1.71 bits per heavy atom. The molecule has 0 amide bonds. The number of aromatic nitrogens is 2. The lowest BCUT2D eigenvalue weighted by Crippen LogP contribution is -2.17. The van der Waals surface area contributed by atoms with Crippen LogP contribution in [0.25, 0.3) is 0 Å². The number of nitrogen functional groups attached to an aromatic ring is 1. The van der Waals surface area contributed by atoms with E-state index in [1.54, 1.807) is 18.2 Å². The molecule has 0 saturated carbocycles. The van der Waals surface area contributed by atoms with Gasteiger partial charge >= 0.3 is 0 Å². The molecule has 0 aliphatic rings. The van der Waals surface area contributed by atoms with Gasteiger partial charge in [0.15, 0.2) is 0 Å². The highest BCUT2D eigenvalue weighted by Crippen LogP contribution is 2.31. The van der Waals surface area contributed by atoms with Crippen LogP contribution < -0.4 is 11.1 Å². The van der Waals surface area contributed by atoms with E-state index in [2.05, 4.69) is 15.3 Å². The summed E-state index contributed by atoms with van der Waals surface area (Å²) in [6.07, 6.45) is 0. The Morgan fingerprint density at radius 1 is 1.05 bits per heavy atom. The number of aryl methyl sites for hydroxylation is 1. The van der Waals surface area contributed by atoms with Gasteiger partial charge in [-0.15, -0.1) is 0 Å². The third-order valence-corrected chi connectivity index (χ3v) is 3.65. The maximum absolute atomic E-state index is 6.23. The Bertz CT molecular complexity index is 678. The Balaban J connectivity index is 2.40. The average Bonchev–Trinajstić information content (AvgIpc) is 2.34. The minimum atomic E-state index is -0.194. The zero-order chi connectivity index (χ0) is 15.8. The average molecular weight is 325 g/mol. The van der Waals surface area contributed by atoms with Gasteiger partial charge in [0.05, 0.1) is 10.7 Å². The number of rotatable bonds is 2. The molecule has 3 N–H and O–H groups in total. The first-order valence-electron chi connectivity index (χ1n) is 6.54. The van der Waals surface area contributed by atoms with Crippen molar-refractivity contribution in [1.29, 1.82) is 0 Å². The van der Waals surface area contributed by atoms with E-state index in [9.17, 15) is 0 Å². The molecular weight excluding hydrogens is 307 g/mol. The van der Waals surface area contributed by atoms with Gasteiger partial charge in [0, 0.05) is 16.5 Å². The topological polar surface area (TPSA) is 63.8 Å². The van der Waals surface area contributed by atoms with Crippen LogP contribution in [0.2, 0.25) is 10.0 Å². The lowest BCUT2D eigenvalue weighted by Gasteiger charge is -2.18. The quantitative estimate of drug-likeness (QED) is 0.839. The molecule has 4 nitrogen and oxygen atoms in total. The molecule has 1 aromatic carbocycles. The Kier molecular flexibility index (Phi) is 4.30. The van der Waals surface area contributed by atoms with Crippen molar-refractivity contribution in [3.05, 3.63) is 39.6 Å². The molecule has 0 saturated heterocycles. The lowest BCUT2D eigenvalue weighted by molar-refractivity contribution is 0.547. The monoisotopic (exact) mass is 324 g/mol. The predicted molar refractivity (Wildman–Crippen MR) is 89.6 cm³/mol. The van der Waals surface area contributed by atoms with Gasteiger partial charge in [-0.2, -0.15) is 0 Å². The molecule has 0 atom stereocenters. The fourth-order valence-corrected chi connectivity index (χ4v) is 2.17. The molecular formula is C15H18Cl2N4. The van der Waals surface area contributed by atoms with Crippen molar-refractivity contribution in [2.75, 3.05) is 11.1 Å². The van der Waals surface area contributed by atoms with Gasteiger partial charge in [0.1, 0.15) is 17.5 Å². The molecule has 21 heavy (non-hydrogen) atoms. The minimum Gasteiger partial charge on any atom is -0.384 e. The number of hydrogen-bond acceptors (Lipinski definition) is 4. The Hall–Kier alpha value is -1.52. The van der Waals surface area contributed by atoms with Gasteiger partial charge in [-0.05, 0) is 24.6 Å². The van der Waals surface area contributed by atoms with Crippen molar-refractivity contribution in [1.82, 2.24) is 9.97 Å². The fraction of sp³-hybridized carbons (Fsp3) is 0.333. The van der Waals surface area contributed by atoms with Gasteiger partial charge in [-0.3, -0.25) is 0 Å². The molecule has 0 fully saturated rings. The number of halogens is 2. The number of nitrogens with two attached hydrogens (primary N) is 1. The molecule has 0 aliphatic heterocycles. The Morgan fingerprint density at radius 3 is 2.33 bits per heavy atom. The molecule has 112 valence electrons. The van der Waals surface area contributed by atoms with Crippen molar-refractivity contribution < 1.29 is 0 Å². The van der Waals surface area contributed by atoms with Crippen LogP contribution in [0.5, 0.6) is 0 Å². The first kappa shape index (κ1) is 15.9. The highest BCUT2D eigenvalue weighted by molar-refractivity contribution is 6.35. The molecule has 6 heteroatoms.